The Morgan fingerprint density at radius 1 is 1.29 bits per heavy atom. The Morgan fingerprint density at radius 3 is 2.90 bits per heavy atom. The van der Waals surface area contributed by atoms with Crippen LogP contribution in [0.3, 0.4) is 0 Å². The first-order chi connectivity index (χ1) is 14.8. The van der Waals surface area contributed by atoms with E-state index in [1.54, 1.807) is 32.2 Å². The fourth-order valence-corrected chi connectivity index (χ4v) is 5.63. The lowest BCUT2D eigenvalue weighted by Crippen LogP contribution is -2.42. The predicted molar refractivity (Wildman–Crippen MR) is 117 cm³/mol. The number of benzene rings is 1. The van der Waals surface area contributed by atoms with Crippen LogP contribution in [0.1, 0.15) is 41.1 Å². The summed E-state index contributed by atoms with van der Waals surface area (Å²) in [6.45, 7) is 3.69. The van der Waals surface area contributed by atoms with Crippen molar-refractivity contribution in [2.75, 3.05) is 11.9 Å². The fourth-order valence-electron chi connectivity index (χ4n) is 4.31. The molecular weight excluding hydrogens is 416 g/mol. The number of aromatic nitrogens is 3. The molecule has 2 aromatic heterocycles. The lowest BCUT2D eigenvalue weighted by Gasteiger charge is -2.30. The van der Waals surface area contributed by atoms with Crippen LogP contribution in [0, 0.1) is 5.92 Å². The highest BCUT2D eigenvalue weighted by Gasteiger charge is 2.30. The third-order valence-corrected chi connectivity index (χ3v) is 7.24. The molecule has 2 aliphatic rings. The third-order valence-electron chi connectivity index (χ3n) is 6.10. The van der Waals surface area contributed by atoms with E-state index in [9.17, 15) is 14.4 Å². The number of fused-ring (bicyclic) bond motifs is 4. The standard InChI is InChI=1S/C22H22N4O4S/c1-11-4-6-14-18(8-11)31-20-19(14)22(29)26(24-23-20)10-16(27)13-5-7-17-15(9-13)25(3)21(28)12(2)30-17/h5,7,9,11-12H,4,6,8,10H2,1-3H3. The van der Waals surface area contributed by atoms with Crippen molar-refractivity contribution >= 4 is 38.9 Å². The highest BCUT2D eigenvalue weighted by atomic mass is 32.1. The lowest BCUT2D eigenvalue weighted by atomic mass is 9.89. The molecule has 2 atom stereocenters. The first kappa shape index (κ1) is 19.9. The van der Waals surface area contributed by atoms with Crippen molar-refractivity contribution in [2.24, 2.45) is 5.92 Å². The van der Waals surface area contributed by atoms with Crippen LogP contribution in [0.4, 0.5) is 5.69 Å². The number of carbonyl (C=O) groups is 2. The van der Waals surface area contributed by atoms with Gasteiger partial charge in [0.25, 0.3) is 11.5 Å². The van der Waals surface area contributed by atoms with Gasteiger partial charge in [0.2, 0.25) is 0 Å². The second kappa shape index (κ2) is 7.26. The van der Waals surface area contributed by atoms with E-state index in [0.29, 0.717) is 33.1 Å². The Balaban J connectivity index is 1.47. The first-order valence-electron chi connectivity index (χ1n) is 10.3. The summed E-state index contributed by atoms with van der Waals surface area (Å²) in [7, 11) is 1.65. The maximum Gasteiger partial charge on any atom is 0.279 e. The molecule has 8 nitrogen and oxygen atoms in total. The van der Waals surface area contributed by atoms with Crippen LogP contribution < -0.4 is 15.2 Å². The van der Waals surface area contributed by atoms with E-state index in [0.717, 1.165) is 29.5 Å². The van der Waals surface area contributed by atoms with Crippen LogP contribution in [0.5, 0.6) is 5.75 Å². The largest absolute Gasteiger partial charge is 0.479 e. The van der Waals surface area contributed by atoms with E-state index in [-0.39, 0.29) is 23.8 Å². The van der Waals surface area contributed by atoms with E-state index in [1.165, 1.54) is 21.1 Å². The molecule has 1 amide bonds. The molecule has 1 aliphatic carbocycles. The van der Waals surface area contributed by atoms with Crippen molar-refractivity contribution in [1.82, 2.24) is 15.0 Å². The number of aryl methyl sites for hydroxylation is 1. The van der Waals surface area contributed by atoms with Gasteiger partial charge in [-0.2, -0.15) is 0 Å². The summed E-state index contributed by atoms with van der Waals surface area (Å²) in [6.07, 6.45) is 2.28. The molecule has 1 aromatic carbocycles. The molecule has 0 bridgehead atoms. The molecule has 31 heavy (non-hydrogen) atoms. The Bertz CT molecular complexity index is 1290. The Hall–Kier alpha value is -3.07. The number of amides is 1. The van der Waals surface area contributed by atoms with Crippen LogP contribution in [0.25, 0.3) is 10.2 Å². The third kappa shape index (κ3) is 3.23. The summed E-state index contributed by atoms with van der Waals surface area (Å²) in [4.78, 5) is 41.6. The van der Waals surface area contributed by atoms with Crippen molar-refractivity contribution in [2.45, 2.75) is 45.8 Å². The zero-order chi connectivity index (χ0) is 21.9. The minimum absolute atomic E-state index is 0.179. The second-order valence-electron chi connectivity index (χ2n) is 8.35. The normalized spacial score (nSPS) is 20.4. The topological polar surface area (TPSA) is 94.4 Å². The van der Waals surface area contributed by atoms with Crippen LogP contribution in [-0.2, 0) is 24.2 Å². The van der Waals surface area contributed by atoms with E-state index >= 15 is 0 Å². The van der Waals surface area contributed by atoms with Crippen molar-refractivity contribution in [3.63, 3.8) is 0 Å². The fraction of sp³-hybridized carbons (Fsp3) is 0.409. The van der Waals surface area contributed by atoms with Gasteiger partial charge in [0.05, 0.1) is 11.1 Å². The SMILES string of the molecule is CC1CCc2c(sc3nnn(CC(=O)c4ccc5c(c4)N(C)C(=O)C(C)O5)c(=O)c23)C1. The highest BCUT2D eigenvalue weighted by molar-refractivity contribution is 7.18. The number of hydrogen-bond donors (Lipinski definition) is 0. The second-order valence-corrected chi connectivity index (χ2v) is 9.43. The number of likely N-dealkylation sites (N-methyl/N-ethyl adjacent to an activating group) is 1. The van der Waals surface area contributed by atoms with Gasteiger partial charge in [0.15, 0.2) is 16.7 Å². The van der Waals surface area contributed by atoms with Gasteiger partial charge in [0, 0.05) is 17.5 Å². The summed E-state index contributed by atoms with van der Waals surface area (Å²) < 4.78 is 6.75. The minimum Gasteiger partial charge on any atom is -0.479 e. The number of ether oxygens (including phenoxy) is 1. The molecule has 0 N–H and O–H groups in total. The molecular formula is C22H22N4O4S. The Kier molecular flexibility index (Phi) is 4.65. The number of ketones is 1. The Labute approximate surface area is 182 Å². The van der Waals surface area contributed by atoms with Gasteiger partial charge in [0.1, 0.15) is 12.3 Å². The molecule has 3 heterocycles. The molecule has 0 fully saturated rings. The molecule has 160 valence electrons. The predicted octanol–water partition coefficient (Wildman–Crippen LogP) is 2.60. The van der Waals surface area contributed by atoms with Gasteiger partial charge in [-0.15, -0.1) is 16.4 Å². The van der Waals surface area contributed by atoms with Crippen molar-refractivity contribution in [1.29, 1.82) is 0 Å². The zero-order valence-electron chi connectivity index (χ0n) is 17.5. The van der Waals surface area contributed by atoms with E-state index in [4.69, 9.17) is 4.74 Å². The molecule has 1 aliphatic heterocycles. The summed E-state index contributed by atoms with van der Waals surface area (Å²) >= 11 is 1.53. The quantitative estimate of drug-likeness (QED) is 0.584. The minimum atomic E-state index is -0.570. The van der Waals surface area contributed by atoms with Crippen molar-refractivity contribution < 1.29 is 14.3 Å². The molecule has 2 unspecified atom stereocenters. The van der Waals surface area contributed by atoms with Crippen LogP contribution in [0.2, 0.25) is 0 Å². The number of nitrogens with zero attached hydrogens (tertiary/aromatic N) is 4. The molecule has 5 rings (SSSR count). The van der Waals surface area contributed by atoms with Gasteiger partial charge in [-0.1, -0.05) is 12.1 Å². The smallest absolute Gasteiger partial charge is 0.279 e. The van der Waals surface area contributed by atoms with E-state index < -0.39 is 6.10 Å². The summed E-state index contributed by atoms with van der Waals surface area (Å²) in [5.74, 6) is 0.680. The monoisotopic (exact) mass is 438 g/mol. The maximum absolute atomic E-state index is 13.1. The number of hydrogen-bond acceptors (Lipinski definition) is 7. The maximum atomic E-state index is 13.1. The lowest BCUT2D eigenvalue weighted by molar-refractivity contribution is -0.125. The van der Waals surface area contributed by atoms with Crippen LogP contribution in [0.15, 0.2) is 23.0 Å². The summed E-state index contributed by atoms with van der Waals surface area (Å²) in [5, 5.41) is 8.84. The van der Waals surface area contributed by atoms with Crippen molar-refractivity contribution in [3.05, 3.63) is 44.6 Å². The molecule has 0 spiro atoms. The number of thiophene rings is 1. The van der Waals surface area contributed by atoms with Gasteiger partial charge in [-0.25, -0.2) is 4.68 Å². The molecule has 0 saturated heterocycles. The van der Waals surface area contributed by atoms with Gasteiger partial charge < -0.3 is 9.64 Å². The molecule has 0 saturated carbocycles. The number of rotatable bonds is 3. The summed E-state index contributed by atoms with van der Waals surface area (Å²) in [6, 6.07) is 4.94. The number of Topliss-reactive ketones (excluding diaryl/α,β-unsaturated/α-hetero) is 1. The van der Waals surface area contributed by atoms with Gasteiger partial charge in [-0.3, -0.25) is 14.4 Å². The highest BCUT2D eigenvalue weighted by Crippen LogP contribution is 2.36. The van der Waals surface area contributed by atoms with E-state index in [2.05, 4.69) is 17.2 Å². The van der Waals surface area contributed by atoms with Gasteiger partial charge >= 0.3 is 0 Å². The molecule has 3 aromatic rings. The molecule has 9 heteroatoms. The van der Waals surface area contributed by atoms with E-state index in [1.807, 2.05) is 0 Å². The summed E-state index contributed by atoms with van der Waals surface area (Å²) in [5.41, 5.74) is 1.71. The first-order valence-corrected chi connectivity index (χ1v) is 11.1. The number of carbonyl (C=O) groups excluding carboxylic acids is 2. The van der Waals surface area contributed by atoms with Crippen LogP contribution in [-0.4, -0.2) is 39.8 Å². The van der Waals surface area contributed by atoms with Gasteiger partial charge in [-0.05, 0) is 55.9 Å². The average molecular weight is 439 g/mol. The van der Waals surface area contributed by atoms with Crippen molar-refractivity contribution in [3.8, 4) is 5.75 Å². The zero-order valence-corrected chi connectivity index (χ0v) is 18.4. The Morgan fingerprint density at radius 2 is 2.10 bits per heavy atom. The number of anilines is 1. The average Bonchev–Trinajstić information content (AvgIpc) is 3.12. The molecule has 0 radical (unpaired) electrons. The van der Waals surface area contributed by atoms with Crippen LogP contribution >= 0.6 is 11.3 Å².